The predicted octanol–water partition coefficient (Wildman–Crippen LogP) is 2.51. The summed E-state index contributed by atoms with van der Waals surface area (Å²) in [5.41, 5.74) is 1.81. The third-order valence-corrected chi connectivity index (χ3v) is 7.31. The highest BCUT2D eigenvalue weighted by molar-refractivity contribution is 8.01. The van der Waals surface area contributed by atoms with Crippen LogP contribution in [0.1, 0.15) is 46.1 Å². The quantitative estimate of drug-likeness (QED) is 0.398. The number of carbonyl (C=O) groups excluding carboxylic acids is 4. The Kier molecular flexibility index (Phi) is 10.5. The molecule has 0 aromatic heterocycles. The number of nitrogens with zero attached hydrogens (tertiary/aromatic N) is 1. The van der Waals surface area contributed by atoms with Gasteiger partial charge in [0, 0.05) is 25.1 Å². The fourth-order valence-corrected chi connectivity index (χ4v) is 4.71. The third kappa shape index (κ3) is 7.53. The normalized spacial score (nSPS) is 17.5. The van der Waals surface area contributed by atoms with Crippen LogP contribution in [0.15, 0.2) is 24.3 Å². The maximum atomic E-state index is 12.8. The van der Waals surface area contributed by atoms with E-state index in [2.05, 4.69) is 22.9 Å². The molecule has 3 atom stereocenters. The average Bonchev–Trinajstić information content (AvgIpc) is 3.08. The van der Waals surface area contributed by atoms with Gasteiger partial charge >= 0.3 is 0 Å². The van der Waals surface area contributed by atoms with Crippen molar-refractivity contribution < 1.29 is 19.2 Å². The van der Waals surface area contributed by atoms with E-state index in [1.165, 1.54) is 16.7 Å². The number of rotatable bonds is 11. The standard InChI is InChI=1S/C24H34N4O4S2/c1-6-16-7-9-17(10-8-16)26-22(31)15(4)25-23(32)21(14(2)3)27-19(29)11-12-28-20(30)13-18(34-5)24(28)33/h7-10,14-15,18,21H,6,11-13H2,1-5H3,(H,25,32)(H,26,31)(H,27,29)/t15-,18?,21?/m0/s1. The highest BCUT2D eigenvalue weighted by atomic mass is 32.2. The smallest absolute Gasteiger partial charge is 0.246 e. The lowest BCUT2D eigenvalue weighted by molar-refractivity contribution is -0.132. The van der Waals surface area contributed by atoms with Gasteiger partial charge in [-0.1, -0.05) is 45.1 Å². The van der Waals surface area contributed by atoms with E-state index in [1.807, 2.05) is 44.4 Å². The largest absolute Gasteiger partial charge is 0.344 e. The molecule has 1 aromatic carbocycles. The maximum absolute atomic E-state index is 12.8. The number of amides is 4. The molecule has 1 aromatic rings. The first-order chi connectivity index (χ1) is 16.1. The van der Waals surface area contributed by atoms with Crippen LogP contribution in [-0.2, 0) is 25.6 Å². The fraction of sp³-hybridized carbons (Fsp3) is 0.542. The highest BCUT2D eigenvalue weighted by Crippen LogP contribution is 2.24. The lowest BCUT2D eigenvalue weighted by Crippen LogP contribution is -2.54. The number of thioether (sulfide) groups is 1. The molecule has 10 heteroatoms. The summed E-state index contributed by atoms with van der Waals surface area (Å²) in [6, 6.07) is 5.91. The van der Waals surface area contributed by atoms with E-state index >= 15 is 0 Å². The van der Waals surface area contributed by atoms with Crippen molar-refractivity contribution in [3.8, 4) is 0 Å². The molecule has 8 nitrogen and oxygen atoms in total. The lowest BCUT2D eigenvalue weighted by atomic mass is 10.0. The van der Waals surface area contributed by atoms with Gasteiger partial charge in [0.05, 0.1) is 10.2 Å². The summed E-state index contributed by atoms with van der Waals surface area (Å²) in [7, 11) is 0. The number of hydrogen-bond donors (Lipinski definition) is 3. The van der Waals surface area contributed by atoms with Crippen molar-refractivity contribution >= 4 is 58.3 Å². The summed E-state index contributed by atoms with van der Waals surface area (Å²) < 4.78 is 0. The zero-order valence-electron chi connectivity index (χ0n) is 20.3. The van der Waals surface area contributed by atoms with Crippen LogP contribution in [0.4, 0.5) is 5.69 Å². The van der Waals surface area contributed by atoms with E-state index in [0.717, 1.165) is 12.0 Å². The first-order valence-electron chi connectivity index (χ1n) is 11.4. The molecule has 186 valence electrons. The molecule has 4 amide bonds. The first-order valence-corrected chi connectivity index (χ1v) is 13.1. The van der Waals surface area contributed by atoms with Crippen molar-refractivity contribution in [3.05, 3.63) is 29.8 Å². The van der Waals surface area contributed by atoms with Crippen LogP contribution in [-0.4, -0.2) is 63.7 Å². The van der Waals surface area contributed by atoms with Crippen LogP contribution in [0.3, 0.4) is 0 Å². The summed E-state index contributed by atoms with van der Waals surface area (Å²) in [6.45, 7) is 7.45. The molecule has 0 saturated carbocycles. The molecule has 2 rings (SSSR count). The summed E-state index contributed by atoms with van der Waals surface area (Å²) in [6.07, 6.45) is 3.19. The monoisotopic (exact) mass is 506 g/mol. The number of aryl methyl sites for hydroxylation is 1. The van der Waals surface area contributed by atoms with Gasteiger partial charge < -0.3 is 20.9 Å². The number of carbonyl (C=O) groups is 4. The molecule has 0 radical (unpaired) electrons. The molecular formula is C24H34N4O4S2. The summed E-state index contributed by atoms with van der Waals surface area (Å²) >= 11 is 6.86. The van der Waals surface area contributed by atoms with Gasteiger partial charge in [-0.05, 0) is 43.2 Å². The van der Waals surface area contributed by atoms with Gasteiger partial charge in [-0.15, -0.1) is 0 Å². The second-order valence-electron chi connectivity index (χ2n) is 8.62. The van der Waals surface area contributed by atoms with Gasteiger partial charge in [0.1, 0.15) is 12.1 Å². The zero-order chi connectivity index (χ0) is 25.4. The van der Waals surface area contributed by atoms with Crippen molar-refractivity contribution in [1.29, 1.82) is 0 Å². The molecule has 2 unspecified atom stereocenters. The van der Waals surface area contributed by atoms with Crippen molar-refractivity contribution in [2.45, 2.75) is 64.3 Å². The van der Waals surface area contributed by atoms with Gasteiger partial charge in [-0.2, -0.15) is 11.8 Å². The van der Waals surface area contributed by atoms with E-state index in [9.17, 15) is 19.2 Å². The Morgan fingerprint density at radius 2 is 1.76 bits per heavy atom. The highest BCUT2D eigenvalue weighted by Gasteiger charge is 2.35. The van der Waals surface area contributed by atoms with Crippen LogP contribution < -0.4 is 16.0 Å². The topological polar surface area (TPSA) is 108 Å². The molecular weight excluding hydrogens is 472 g/mol. The maximum Gasteiger partial charge on any atom is 0.246 e. The van der Waals surface area contributed by atoms with Gasteiger partial charge in [-0.25, -0.2) is 0 Å². The van der Waals surface area contributed by atoms with E-state index in [1.54, 1.807) is 6.92 Å². The minimum atomic E-state index is -0.813. The number of nitrogens with one attached hydrogen (secondary N) is 3. The van der Waals surface area contributed by atoms with Crippen LogP contribution in [0, 0.1) is 5.92 Å². The molecule has 3 N–H and O–H groups in total. The van der Waals surface area contributed by atoms with Crippen molar-refractivity contribution in [2.24, 2.45) is 5.92 Å². The Morgan fingerprint density at radius 3 is 2.29 bits per heavy atom. The molecule has 1 aliphatic heterocycles. The van der Waals surface area contributed by atoms with Gasteiger partial charge in [0.15, 0.2) is 0 Å². The number of hydrogen-bond acceptors (Lipinski definition) is 6. The Balaban J connectivity index is 1.88. The average molecular weight is 507 g/mol. The van der Waals surface area contributed by atoms with Crippen molar-refractivity contribution in [3.63, 3.8) is 0 Å². The van der Waals surface area contributed by atoms with Gasteiger partial charge in [0.25, 0.3) is 0 Å². The number of likely N-dealkylation sites (tertiary alicyclic amines) is 1. The number of benzene rings is 1. The molecule has 1 heterocycles. The van der Waals surface area contributed by atoms with E-state index in [4.69, 9.17) is 12.2 Å². The molecule has 0 aliphatic carbocycles. The van der Waals surface area contributed by atoms with E-state index in [0.29, 0.717) is 17.1 Å². The Morgan fingerprint density at radius 1 is 1.12 bits per heavy atom. The second kappa shape index (κ2) is 12.9. The van der Waals surface area contributed by atoms with Crippen molar-refractivity contribution in [1.82, 2.24) is 15.5 Å². The molecule has 34 heavy (non-hydrogen) atoms. The predicted molar refractivity (Wildman–Crippen MR) is 140 cm³/mol. The fourth-order valence-electron chi connectivity index (χ4n) is 3.51. The molecule has 0 bridgehead atoms. The third-order valence-electron chi connectivity index (χ3n) is 5.70. The van der Waals surface area contributed by atoms with Crippen LogP contribution in [0.5, 0.6) is 0 Å². The molecule has 0 spiro atoms. The van der Waals surface area contributed by atoms with Crippen molar-refractivity contribution in [2.75, 3.05) is 18.1 Å². The minimum absolute atomic E-state index is 0.0306. The minimum Gasteiger partial charge on any atom is -0.344 e. The molecule has 1 aliphatic rings. The SMILES string of the molecule is CCc1ccc(NC(=O)[C@H](C)NC(=O)C(NC(=O)CCN2C(=O)CC(SC)C2=S)C(C)C)cc1. The van der Waals surface area contributed by atoms with E-state index in [-0.39, 0.29) is 41.9 Å². The molecule has 1 fully saturated rings. The Labute approximate surface area is 211 Å². The summed E-state index contributed by atoms with van der Waals surface area (Å²) in [5, 5.41) is 8.17. The van der Waals surface area contributed by atoms with Crippen LogP contribution in [0.25, 0.3) is 0 Å². The number of anilines is 1. The van der Waals surface area contributed by atoms with Crippen LogP contribution in [0.2, 0.25) is 0 Å². The number of thiocarbonyl (C=S) groups is 1. The zero-order valence-corrected chi connectivity index (χ0v) is 22.0. The first kappa shape index (κ1) is 27.8. The van der Waals surface area contributed by atoms with E-state index < -0.39 is 18.0 Å². The van der Waals surface area contributed by atoms with Gasteiger partial charge in [0.2, 0.25) is 23.6 Å². The molecule has 1 saturated heterocycles. The lowest BCUT2D eigenvalue weighted by Gasteiger charge is -2.24. The second-order valence-corrected chi connectivity index (χ2v) is 10.1. The Hall–Kier alpha value is -2.46. The van der Waals surface area contributed by atoms with Crippen LogP contribution >= 0.6 is 24.0 Å². The summed E-state index contributed by atoms with van der Waals surface area (Å²) in [4.78, 5) is 52.0. The summed E-state index contributed by atoms with van der Waals surface area (Å²) in [5.74, 6) is -1.43. The Bertz CT molecular complexity index is 920. The van der Waals surface area contributed by atoms with Gasteiger partial charge in [-0.3, -0.25) is 19.2 Å².